The predicted molar refractivity (Wildman–Crippen MR) is 50.4 cm³/mol. The van der Waals surface area contributed by atoms with Crippen LogP contribution in [0, 0.1) is 0 Å². The Bertz CT molecular complexity index is 207. The zero-order chi connectivity index (χ0) is 9.26. The van der Waals surface area contributed by atoms with Crippen molar-refractivity contribution < 1.29 is 4.84 Å². The van der Waals surface area contributed by atoms with Crippen molar-refractivity contribution in [2.75, 3.05) is 26.2 Å². The molecule has 0 amide bonds. The van der Waals surface area contributed by atoms with E-state index in [9.17, 15) is 0 Å². The summed E-state index contributed by atoms with van der Waals surface area (Å²) in [6.45, 7) is 6.36. The first-order chi connectivity index (χ1) is 6.29. The molecule has 0 atom stereocenters. The second-order valence-electron chi connectivity index (χ2n) is 3.63. The molecule has 0 aromatic heterocycles. The Kier molecular flexibility index (Phi) is 2.53. The van der Waals surface area contributed by atoms with E-state index >= 15 is 0 Å². The normalized spacial score (nSPS) is 25.7. The van der Waals surface area contributed by atoms with Crippen molar-refractivity contribution in [2.45, 2.75) is 19.8 Å². The van der Waals surface area contributed by atoms with Crippen molar-refractivity contribution in [3.63, 3.8) is 0 Å². The molecule has 4 nitrogen and oxygen atoms in total. The number of nitrogens with zero attached hydrogens (tertiary/aromatic N) is 2. The van der Waals surface area contributed by atoms with Gasteiger partial charge in [0.05, 0.1) is 6.54 Å². The van der Waals surface area contributed by atoms with Gasteiger partial charge in [0.15, 0.2) is 0 Å². The van der Waals surface area contributed by atoms with Gasteiger partial charge in [-0.3, -0.25) is 0 Å². The number of rotatable bonds is 1. The van der Waals surface area contributed by atoms with Gasteiger partial charge < -0.3 is 9.74 Å². The summed E-state index contributed by atoms with van der Waals surface area (Å²) in [5.41, 5.74) is 1.39. The average Bonchev–Trinajstić information content (AvgIpc) is 2.37. The van der Waals surface area contributed by atoms with Crippen LogP contribution in [0.15, 0.2) is 11.3 Å². The predicted octanol–water partition coefficient (Wildman–Crippen LogP) is 0.477. The average molecular weight is 183 g/mol. The highest BCUT2D eigenvalue weighted by atomic mass is 16.7. The minimum Gasteiger partial charge on any atom is -0.395 e. The molecule has 0 aromatic carbocycles. The first-order valence-electron chi connectivity index (χ1n) is 4.93. The summed E-state index contributed by atoms with van der Waals surface area (Å²) < 4.78 is 0. The van der Waals surface area contributed by atoms with Crippen molar-refractivity contribution in [3.8, 4) is 0 Å². The van der Waals surface area contributed by atoms with Gasteiger partial charge in [0.25, 0.3) is 0 Å². The molecule has 0 aliphatic carbocycles. The van der Waals surface area contributed by atoms with E-state index in [1.807, 2.05) is 0 Å². The van der Waals surface area contributed by atoms with Crippen LogP contribution in [0.5, 0.6) is 0 Å². The van der Waals surface area contributed by atoms with Crippen LogP contribution in [0.3, 0.4) is 0 Å². The Morgan fingerprint density at radius 3 is 2.92 bits per heavy atom. The molecule has 74 valence electrons. The standard InChI is InChI=1S/C9H17N3O/c1-2-11-5-3-8-7-12(10)13-9(8)4-6-11/h2-7,10H2,1H3. The number of hydrogen-bond donors (Lipinski definition) is 1. The van der Waals surface area contributed by atoms with Gasteiger partial charge in [-0.2, -0.15) is 0 Å². The fourth-order valence-corrected chi connectivity index (χ4v) is 1.94. The van der Waals surface area contributed by atoms with Crippen LogP contribution in [0.4, 0.5) is 0 Å². The highest BCUT2D eigenvalue weighted by molar-refractivity contribution is 5.15. The molecule has 13 heavy (non-hydrogen) atoms. The Balaban J connectivity index is 1.98. The van der Waals surface area contributed by atoms with Gasteiger partial charge in [-0.05, 0) is 18.5 Å². The molecule has 0 unspecified atom stereocenters. The second-order valence-corrected chi connectivity index (χ2v) is 3.63. The first-order valence-corrected chi connectivity index (χ1v) is 4.93. The molecule has 0 fully saturated rings. The molecule has 0 radical (unpaired) electrons. The van der Waals surface area contributed by atoms with Crippen molar-refractivity contribution in [1.29, 1.82) is 0 Å². The molecule has 2 heterocycles. The summed E-state index contributed by atoms with van der Waals surface area (Å²) in [4.78, 5) is 7.85. The summed E-state index contributed by atoms with van der Waals surface area (Å²) in [6.07, 6.45) is 2.12. The van der Waals surface area contributed by atoms with Gasteiger partial charge in [0.1, 0.15) is 5.76 Å². The zero-order valence-electron chi connectivity index (χ0n) is 8.12. The summed E-state index contributed by atoms with van der Waals surface area (Å²) in [7, 11) is 0. The third kappa shape index (κ3) is 1.85. The number of hydrogen-bond acceptors (Lipinski definition) is 4. The van der Waals surface area contributed by atoms with Gasteiger partial charge in [0.2, 0.25) is 0 Å². The van der Waals surface area contributed by atoms with Crippen LogP contribution in [0.25, 0.3) is 0 Å². The molecular weight excluding hydrogens is 166 g/mol. The SMILES string of the molecule is CCN1CCC2=C(CC1)ON(N)C2. The fourth-order valence-electron chi connectivity index (χ4n) is 1.94. The van der Waals surface area contributed by atoms with Crippen LogP contribution in [0.2, 0.25) is 0 Å². The maximum atomic E-state index is 5.57. The lowest BCUT2D eigenvalue weighted by atomic mass is 10.1. The molecular formula is C9H17N3O. The minimum absolute atomic E-state index is 0.785. The Labute approximate surface area is 78.9 Å². The highest BCUT2D eigenvalue weighted by Crippen LogP contribution is 2.25. The smallest absolute Gasteiger partial charge is 0.128 e. The number of nitrogens with two attached hydrogens (primary N) is 1. The second kappa shape index (κ2) is 3.65. The van der Waals surface area contributed by atoms with Crippen LogP contribution >= 0.6 is 0 Å². The molecule has 0 spiro atoms. The molecule has 0 saturated carbocycles. The van der Waals surface area contributed by atoms with Crippen LogP contribution in [-0.2, 0) is 4.84 Å². The summed E-state index contributed by atoms with van der Waals surface area (Å²) in [5, 5.41) is 1.44. The van der Waals surface area contributed by atoms with Gasteiger partial charge in [-0.15, -0.1) is 0 Å². The van der Waals surface area contributed by atoms with Crippen LogP contribution in [-0.4, -0.2) is 36.3 Å². The highest BCUT2D eigenvalue weighted by Gasteiger charge is 2.24. The fraction of sp³-hybridized carbons (Fsp3) is 0.778. The summed E-state index contributed by atoms with van der Waals surface area (Å²) >= 11 is 0. The largest absolute Gasteiger partial charge is 0.395 e. The van der Waals surface area contributed by atoms with E-state index in [-0.39, 0.29) is 0 Å². The summed E-state index contributed by atoms with van der Waals surface area (Å²) in [6, 6.07) is 0. The minimum atomic E-state index is 0.785. The number of hydroxylamine groups is 1. The van der Waals surface area contributed by atoms with Gasteiger partial charge in [-0.1, -0.05) is 12.1 Å². The third-order valence-electron chi connectivity index (χ3n) is 2.80. The van der Waals surface area contributed by atoms with Crippen molar-refractivity contribution in [2.24, 2.45) is 5.84 Å². The maximum absolute atomic E-state index is 5.57. The molecule has 0 aromatic rings. The molecule has 4 heteroatoms. The lowest BCUT2D eigenvalue weighted by Crippen LogP contribution is -2.30. The van der Waals surface area contributed by atoms with Gasteiger partial charge in [-0.25, -0.2) is 5.84 Å². The van der Waals surface area contributed by atoms with E-state index in [0.717, 1.165) is 44.8 Å². The Morgan fingerprint density at radius 1 is 1.38 bits per heavy atom. The molecule has 0 saturated heterocycles. The number of hydrazine groups is 1. The molecule has 2 aliphatic heterocycles. The van der Waals surface area contributed by atoms with Crippen molar-refractivity contribution in [1.82, 2.24) is 10.1 Å². The van der Waals surface area contributed by atoms with E-state index in [1.165, 1.54) is 10.7 Å². The van der Waals surface area contributed by atoms with E-state index < -0.39 is 0 Å². The Morgan fingerprint density at radius 2 is 2.15 bits per heavy atom. The van der Waals surface area contributed by atoms with Gasteiger partial charge >= 0.3 is 0 Å². The van der Waals surface area contributed by atoms with Crippen LogP contribution < -0.4 is 5.84 Å². The monoisotopic (exact) mass is 183 g/mol. The maximum Gasteiger partial charge on any atom is 0.128 e. The summed E-state index contributed by atoms with van der Waals surface area (Å²) in [5.74, 6) is 6.68. The lowest BCUT2D eigenvalue weighted by Gasteiger charge is -2.18. The lowest BCUT2D eigenvalue weighted by molar-refractivity contribution is -0.0968. The van der Waals surface area contributed by atoms with E-state index in [0.29, 0.717) is 0 Å². The molecule has 2 rings (SSSR count). The molecule has 0 bridgehead atoms. The van der Waals surface area contributed by atoms with E-state index in [1.54, 1.807) is 0 Å². The third-order valence-corrected chi connectivity index (χ3v) is 2.80. The van der Waals surface area contributed by atoms with Gasteiger partial charge in [0, 0.05) is 19.5 Å². The van der Waals surface area contributed by atoms with Crippen molar-refractivity contribution in [3.05, 3.63) is 11.3 Å². The van der Waals surface area contributed by atoms with E-state index in [2.05, 4.69) is 11.8 Å². The Hall–Kier alpha value is -0.580. The first kappa shape index (κ1) is 8.99. The zero-order valence-corrected chi connectivity index (χ0v) is 8.12. The topological polar surface area (TPSA) is 41.7 Å². The van der Waals surface area contributed by atoms with E-state index in [4.69, 9.17) is 10.7 Å². The molecule has 2 aliphatic rings. The van der Waals surface area contributed by atoms with Crippen molar-refractivity contribution >= 4 is 0 Å². The van der Waals surface area contributed by atoms with Crippen LogP contribution in [0.1, 0.15) is 19.8 Å². The quantitative estimate of drug-likeness (QED) is 0.600. The molecule has 2 N–H and O–H groups in total.